The molecule has 0 saturated carbocycles. The Hall–Kier alpha value is -2.34. The van der Waals surface area contributed by atoms with Gasteiger partial charge in [0.05, 0.1) is 19.5 Å². The van der Waals surface area contributed by atoms with E-state index in [4.69, 9.17) is 9.47 Å². The van der Waals surface area contributed by atoms with E-state index in [9.17, 15) is 0 Å². The Morgan fingerprint density at radius 2 is 1.86 bits per heavy atom. The normalized spacial score (nSPS) is 14.8. The quantitative estimate of drug-likeness (QED) is 0.923. The van der Waals surface area contributed by atoms with E-state index in [0.29, 0.717) is 17.4 Å². The smallest absolute Gasteiger partial charge is 0.240 e. The third-order valence-corrected chi connectivity index (χ3v) is 3.32. The van der Waals surface area contributed by atoms with Crippen molar-refractivity contribution in [2.24, 2.45) is 0 Å². The SMILES string of the molecule is COc1ccccc1Oc1cncc(N2CCNCC2)n1. The minimum Gasteiger partial charge on any atom is -0.493 e. The van der Waals surface area contributed by atoms with Gasteiger partial charge in [-0.1, -0.05) is 12.1 Å². The largest absolute Gasteiger partial charge is 0.493 e. The number of nitrogens with one attached hydrogen (secondary N) is 1. The Morgan fingerprint density at radius 1 is 1.10 bits per heavy atom. The van der Waals surface area contributed by atoms with Crippen LogP contribution in [0.3, 0.4) is 0 Å². The van der Waals surface area contributed by atoms with E-state index in [-0.39, 0.29) is 0 Å². The van der Waals surface area contributed by atoms with Crippen molar-refractivity contribution in [3.63, 3.8) is 0 Å². The second-order valence-corrected chi connectivity index (χ2v) is 4.71. The minimum absolute atomic E-state index is 0.468. The Labute approximate surface area is 123 Å². The first-order valence-electron chi connectivity index (χ1n) is 6.95. The summed E-state index contributed by atoms with van der Waals surface area (Å²) in [5.41, 5.74) is 0. The fourth-order valence-corrected chi connectivity index (χ4v) is 2.25. The monoisotopic (exact) mass is 286 g/mol. The van der Waals surface area contributed by atoms with Gasteiger partial charge in [0.25, 0.3) is 0 Å². The molecule has 6 nitrogen and oxygen atoms in total. The van der Waals surface area contributed by atoms with Crippen LogP contribution in [0.25, 0.3) is 0 Å². The van der Waals surface area contributed by atoms with Crippen molar-refractivity contribution in [1.29, 1.82) is 0 Å². The van der Waals surface area contributed by atoms with Crippen LogP contribution < -0.4 is 19.7 Å². The van der Waals surface area contributed by atoms with Crippen LogP contribution in [0.5, 0.6) is 17.4 Å². The van der Waals surface area contributed by atoms with Crippen molar-refractivity contribution in [2.75, 3.05) is 38.2 Å². The number of rotatable bonds is 4. The van der Waals surface area contributed by atoms with Crippen LogP contribution in [-0.4, -0.2) is 43.3 Å². The third-order valence-electron chi connectivity index (χ3n) is 3.32. The fourth-order valence-electron chi connectivity index (χ4n) is 2.25. The van der Waals surface area contributed by atoms with E-state index in [1.807, 2.05) is 24.3 Å². The van der Waals surface area contributed by atoms with Crippen molar-refractivity contribution in [1.82, 2.24) is 15.3 Å². The molecule has 110 valence electrons. The van der Waals surface area contributed by atoms with E-state index in [1.54, 1.807) is 19.5 Å². The van der Waals surface area contributed by atoms with E-state index >= 15 is 0 Å². The van der Waals surface area contributed by atoms with E-state index in [2.05, 4.69) is 20.2 Å². The summed E-state index contributed by atoms with van der Waals surface area (Å²) in [7, 11) is 1.62. The van der Waals surface area contributed by atoms with Crippen molar-refractivity contribution >= 4 is 5.82 Å². The number of methoxy groups -OCH3 is 1. The highest BCUT2D eigenvalue weighted by atomic mass is 16.5. The average Bonchev–Trinajstić information content (AvgIpc) is 2.56. The molecule has 0 amide bonds. The summed E-state index contributed by atoms with van der Waals surface area (Å²) in [6.07, 6.45) is 3.37. The summed E-state index contributed by atoms with van der Waals surface area (Å²) in [6, 6.07) is 7.49. The van der Waals surface area contributed by atoms with Crippen LogP contribution in [0.1, 0.15) is 0 Å². The van der Waals surface area contributed by atoms with E-state index in [1.165, 1.54) is 0 Å². The molecule has 1 saturated heterocycles. The Kier molecular flexibility index (Phi) is 4.16. The number of ether oxygens (including phenoxy) is 2. The molecule has 0 radical (unpaired) electrons. The van der Waals surface area contributed by atoms with Crippen LogP contribution in [0.15, 0.2) is 36.7 Å². The Morgan fingerprint density at radius 3 is 2.62 bits per heavy atom. The number of para-hydroxylation sites is 2. The predicted octanol–water partition coefficient (Wildman–Crippen LogP) is 1.69. The average molecular weight is 286 g/mol. The van der Waals surface area contributed by atoms with Gasteiger partial charge in [0, 0.05) is 26.2 Å². The zero-order chi connectivity index (χ0) is 14.5. The molecule has 2 aromatic rings. The molecule has 21 heavy (non-hydrogen) atoms. The predicted molar refractivity (Wildman–Crippen MR) is 80.2 cm³/mol. The van der Waals surface area contributed by atoms with Crippen LogP contribution in [-0.2, 0) is 0 Å². The van der Waals surface area contributed by atoms with Gasteiger partial charge in [-0.2, -0.15) is 4.98 Å². The summed E-state index contributed by atoms with van der Waals surface area (Å²) in [5.74, 6) is 2.61. The highest BCUT2D eigenvalue weighted by molar-refractivity contribution is 5.43. The molecular formula is C15H18N4O2. The second kappa shape index (κ2) is 6.41. The Balaban J connectivity index is 1.79. The zero-order valence-electron chi connectivity index (χ0n) is 12.0. The first-order chi connectivity index (χ1) is 10.4. The van der Waals surface area contributed by atoms with Gasteiger partial charge in [-0.25, -0.2) is 0 Å². The van der Waals surface area contributed by atoms with Crippen LogP contribution in [0.4, 0.5) is 5.82 Å². The molecule has 2 heterocycles. The summed E-state index contributed by atoms with van der Waals surface area (Å²) >= 11 is 0. The van der Waals surface area contributed by atoms with Crippen LogP contribution in [0.2, 0.25) is 0 Å². The molecule has 0 aliphatic carbocycles. The van der Waals surface area contributed by atoms with Gasteiger partial charge in [0.15, 0.2) is 17.3 Å². The molecule has 0 unspecified atom stereocenters. The number of benzene rings is 1. The standard InChI is InChI=1S/C15H18N4O2/c1-20-12-4-2-3-5-13(12)21-15-11-17-10-14(18-15)19-8-6-16-7-9-19/h2-5,10-11,16H,6-9H2,1H3. The molecule has 0 bridgehead atoms. The summed E-state index contributed by atoms with van der Waals surface area (Å²) in [6.45, 7) is 3.76. The van der Waals surface area contributed by atoms with Crippen LogP contribution in [0, 0.1) is 0 Å². The van der Waals surface area contributed by atoms with Gasteiger partial charge < -0.3 is 19.7 Å². The molecule has 1 aliphatic heterocycles. The van der Waals surface area contributed by atoms with Crippen molar-refractivity contribution in [2.45, 2.75) is 0 Å². The third kappa shape index (κ3) is 3.22. The fraction of sp³-hybridized carbons (Fsp3) is 0.333. The molecule has 1 aromatic carbocycles. The molecule has 1 aromatic heterocycles. The maximum Gasteiger partial charge on any atom is 0.240 e. The number of aromatic nitrogens is 2. The number of piperazine rings is 1. The number of hydrogen-bond acceptors (Lipinski definition) is 6. The van der Waals surface area contributed by atoms with Gasteiger partial charge in [-0.05, 0) is 12.1 Å². The molecule has 0 spiro atoms. The van der Waals surface area contributed by atoms with Crippen LogP contribution >= 0.6 is 0 Å². The molecule has 1 aliphatic rings. The van der Waals surface area contributed by atoms with Gasteiger partial charge in [-0.15, -0.1) is 0 Å². The van der Waals surface area contributed by atoms with Gasteiger partial charge >= 0.3 is 0 Å². The number of anilines is 1. The van der Waals surface area contributed by atoms with E-state index in [0.717, 1.165) is 32.0 Å². The first-order valence-corrected chi connectivity index (χ1v) is 6.95. The summed E-state index contributed by atoms with van der Waals surface area (Å²) < 4.78 is 11.1. The molecule has 3 rings (SSSR count). The molecule has 1 N–H and O–H groups in total. The maximum absolute atomic E-state index is 5.79. The Bertz CT molecular complexity index is 600. The lowest BCUT2D eigenvalue weighted by Gasteiger charge is -2.28. The van der Waals surface area contributed by atoms with Crippen molar-refractivity contribution < 1.29 is 9.47 Å². The molecule has 1 fully saturated rings. The van der Waals surface area contributed by atoms with Gasteiger partial charge in [0.2, 0.25) is 5.88 Å². The number of hydrogen-bond donors (Lipinski definition) is 1. The highest BCUT2D eigenvalue weighted by Crippen LogP contribution is 2.30. The molecular weight excluding hydrogens is 268 g/mol. The lowest BCUT2D eigenvalue weighted by Crippen LogP contribution is -2.43. The van der Waals surface area contributed by atoms with Gasteiger partial charge in [-0.3, -0.25) is 4.98 Å². The van der Waals surface area contributed by atoms with Gasteiger partial charge in [0.1, 0.15) is 0 Å². The molecule has 6 heteroatoms. The second-order valence-electron chi connectivity index (χ2n) is 4.71. The summed E-state index contributed by atoms with van der Waals surface area (Å²) in [5, 5.41) is 3.32. The summed E-state index contributed by atoms with van der Waals surface area (Å²) in [4.78, 5) is 10.9. The topological polar surface area (TPSA) is 59.5 Å². The lowest BCUT2D eigenvalue weighted by atomic mass is 10.3. The molecule has 0 atom stereocenters. The minimum atomic E-state index is 0.468. The highest BCUT2D eigenvalue weighted by Gasteiger charge is 2.13. The lowest BCUT2D eigenvalue weighted by molar-refractivity contribution is 0.373. The van der Waals surface area contributed by atoms with Crippen molar-refractivity contribution in [3.05, 3.63) is 36.7 Å². The number of nitrogens with zero attached hydrogens (tertiary/aromatic N) is 3. The first kappa shape index (κ1) is 13.6. The zero-order valence-corrected chi connectivity index (χ0v) is 12.0. The van der Waals surface area contributed by atoms with Crippen molar-refractivity contribution in [3.8, 4) is 17.4 Å². The maximum atomic E-state index is 5.79. The van der Waals surface area contributed by atoms with E-state index < -0.39 is 0 Å².